The van der Waals surface area contributed by atoms with Gasteiger partial charge in [-0.25, -0.2) is 4.98 Å². The molecule has 1 N–H and O–H groups in total. The fraction of sp³-hybridized carbons (Fsp3) is 0.200. The smallest absolute Gasteiger partial charge is 0.255 e. The van der Waals surface area contributed by atoms with Gasteiger partial charge in [0.1, 0.15) is 5.75 Å². The van der Waals surface area contributed by atoms with Crippen LogP contribution in [0, 0.1) is 6.92 Å². The lowest BCUT2D eigenvalue weighted by Crippen LogP contribution is -2.13. The Morgan fingerprint density at radius 3 is 3.05 bits per heavy atom. The molecule has 1 amide bonds. The van der Waals surface area contributed by atoms with Crippen LogP contribution < -0.4 is 10.1 Å². The van der Waals surface area contributed by atoms with E-state index in [0.717, 1.165) is 23.3 Å². The molecule has 5 heteroatoms. The van der Waals surface area contributed by atoms with Gasteiger partial charge in [0.25, 0.3) is 5.91 Å². The van der Waals surface area contributed by atoms with Crippen LogP contribution in [-0.4, -0.2) is 17.5 Å². The molecule has 0 aliphatic carbocycles. The summed E-state index contributed by atoms with van der Waals surface area (Å²) in [5.74, 6) is 0.662. The molecular weight excluding hydrogens is 276 g/mol. The predicted molar refractivity (Wildman–Crippen MR) is 77.6 cm³/mol. The number of aromatic nitrogens is 1. The number of amides is 1. The summed E-state index contributed by atoms with van der Waals surface area (Å²) in [6.45, 7) is 2.55. The maximum Gasteiger partial charge on any atom is 0.255 e. The molecule has 0 spiro atoms. The quantitative estimate of drug-likeness (QED) is 0.863. The summed E-state index contributed by atoms with van der Waals surface area (Å²) in [6, 6.07) is 7.24. The van der Waals surface area contributed by atoms with Gasteiger partial charge in [-0.05, 0) is 42.3 Å². The predicted octanol–water partition coefficient (Wildman–Crippen LogP) is 3.23. The lowest BCUT2D eigenvalue weighted by atomic mass is 10.1. The first-order chi connectivity index (χ1) is 9.65. The number of anilines is 1. The molecular formula is C15H13ClN2O2. The lowest BCUT2D eigenvalue weighted by Gasteiger charge is -2.10. The van der Waals surface area contributed by atoms with E-state index in [2.05, 4.69) is 10.3 Å². The van der Waals surface area contributed by atoms with Crippen LogP contribution in [0.15, 0.2) is 30.5 Å². The number of pyridine rings is 1. The van der Waals surface area contributed by atoms with Crippen molar-refractivity contribution in [1.82, 2.24) is 4.98 Å². The Morgan fingerprint density at radius 1 is 1.40 bits per heavy atom. The normalized spacial score (nSPS) is 12.7. The highest BCUT2D eigenvalue weighted by molar-refractivity contribution is 6.32. The van der Waals surface area contributed by atoms with Crippen molar-refractivity contribution in [3.8, 4) is 5.75 Å². The highest BCUT2D eigenvalue weighted by atomic mass is 35.5. The van der Waals surface area contributed by atoms with Crippen molar-refractivity contribution in [2.45, 2.75) is 13.3 Å². The van der Waals surface area contributed by atoms with Crippen LogP contribution in [0.3, 0.4) is 0 Å². The van der Waals surface area contributed by atoms with Crippen LogP contribution in [0.4, 0.5) is 5.69 Å². The first-order valence-electron chi connectivity index (χ1n) is 6.33. The number of carbonyl (C=O) groups is 1. The number of rotatable bonds is 2. The highest BCUT2D eigenvalue weighted by Gasteiger charge is 2.16. The minimum atomic E-state index is -0.197. The molecule has 1 aliphatic heterocycles. The molecule has 0 fully saturated rings. The Labute approximate surface area is 121 Å². The lowest BCUT2D eigenvalue weighted by molar-refractivity contribution is 0.102. The molecule has 1 aliphatic rings. The minimum Gasteiger partial charge on any atom is -0.493 e. The number of hydrogen-bond acceptors (Lipinski definition) is 3. The van der Waals surface area contributed by atoms with E-state index in [1.165, 1.54) is 0 Å². The first kappa shape index (κ1) is 12.9. The van der Waals surface area contributed by atoms with Gasteiger partial charge >= 0.3 is 0 Å². The van der Waals surface area contributed by atoms with E-state index in [-0.39, 0.29) is 5.91 Å². The second-order valence-electron chi connectivity index (χ2n) is 4.67. The fourth-order valence-electron chi connectivity index (χ4n) is 2.19. The van der Waals surface area contributed by atoms with E-state index < -0.39 is 0 Å². The van der Waals surface area contributed by atoms with E-state index >= 15 is 0 Å². The molecule has 0 bridgehead atoms. The largest absolute Gasteiger partial charge is 0.493 e. The van der Waals surface area contributed by atoms with Crippen molar-refractivity contribution in [3.63, 3.8) is 0 Å². The molecule has 0 saturated carbocycles. The van der Waals surface area contributed by atoms with Crippen molar-refractivity contribution in [2.75, 3.05) is 11.9 Å². The molecule has 1 aromatic heterocycles. The summed E-state index contributed by atoms with van der Waals surface area (Å²) in [7, 11) is 0. The average molecular weight is 289 g/mol. The molecule has 0 atom stereocenters. The van der Waals surface area contributed by atoms with Gasteiger partial charge in [0.05, 0.1) is 12.3 Å². The van der Waals surface area contributed by atoms with E-state index in [4.69, 9.17) is 16.3 Å². The minimum absolute atomic E-state index is 0.197. The zero-order valence-corrected chi connectivity index (χ0v) is 11.7. The zero-order chi connectivity index (χ0) is 14.1. The van der Waals surface area contributed by atoms with Crippen molar-refractivity contribution in [1.29, 1.82) is 0 Å². The maximum absolute atomic E-state index is 12.3. The Bertz CT molecular complexity index is 665. The number of hydrogen-bond donors (Lipinski definition) is 1. The number of halogens is 1. The Balaban J connectivity index is 1.86. The third-order valence-electron chi connectivity index (χ3n) is 3.30. The average Bonchev–Trinajstić information content (AvgIpc) is 2.90. The van der Waals surface area contributed by atoms with E-state index in [0.29, 0.717) is 23.0 Å². The molecule has 0 unspecified atom stereocenters. The van der Waals surface area contributed by atoms with Gasteiger partial charge in [0, 0.05) is 18.2 Å². The summed E-state index contributed by atoms with van der Waals surface area (Å²) in [5.41, 5.74) is 3.08. The number of nitrogens with one attached hydrogen (secondary N) is 1. The van der Waals surface area contributed by atoms with Crippen molar-refractivity contribution in [3.05, 3.63) is 52.3 Å². The molecule has 0 radical (unpaired) electrons. The maximum atomic E-state index is 12.3. The standard InChI is InChI=1S/C15H13ClN2O2/c1-9-4-6-17-14(16)13(9)18-15(19)11-2-3-12-10(8-11)5-7-20-12/h2-4,6,8H,5,7H2,1H3,(H,18,19). The van der Waals surface area contributed by atoms with Crippen molar-refractivity contribution >= 4 is 23.2 Å². The molecule has 2 heterocycles. The van der Waals surface area contributed by atoms with Gasteiger partial charge in [-0.2, -0.15) is 0 Å². The van der Waals surface area contributed by atoms with Gasteiger partial charge in [-0.15, -0.1) is 0 Å². The van der Waals surface area contributed by atoms with Crippen molar-refractivity contribution < 1.29 is 9.53 Å². The van der Waals surface area contributed by atoms with Crippen LogP contribution in [0.5, 0.6) is 5.75 Å². The van der Waals surface area contributed by atoms with Gasteiger partial charge in [-0.3, -0.25) is 4.79 Å². The van der Waals surface area contributed by atoms with Crippen LogP contribution >= 0.6 is 11.6 Å². The van der Waals surface area contributed by atoms with Gasteiger partial charge in [0.2, 0.25) is 0 Å². The van der Waals surface area contributed by atoms with Gasteiger partial charge in [-0.1, -0.05) is 11.6 Å². The van der Waals surface area contributed by atoms with Gasteiger partial charge in [0.15, 0.2) is 5.15 Å². The first-order valence-corrected chi connectivity index (χ1v) is 6.71. The number of carbonyl (C=O) groups excluding carboxylic acids is 1. The fourth-order valence-corrected chi connectivity index (χ4v) is 2.44. The number of ether oxygens (including phenoxy) is 1. The molecule has 0 saturated heterocycles. The van der Waals surface area contributed by atoms with Gasteiger partial charge < -0.3 is 10.1 Å². The molecule has 3 rings (SSSR count). The molecule has 2 aromatic rings. The summed E-state index contributed by atoms with van der Waals surface area (Å²) in [6.07, 6.45) is 2.45. The van der Waals surface area contributed by atoms with E-state index in [9.17, 15) is 4.79 Å². The molecule has 1 aromatic carbocycles. The summed E-state index contributed by atoms with van der Waals surface area (Å²) in [4.78, 5) is 16.3. The van der Waals surface area contributed by atoms with Crippen LogP contribution in [0.1, 0.15) is 21.5 Å². The van der Waals surface area contributed by atoms with E-state index in [1.807, 2.05) is 19.1 Å². The summed E-state index contributed by atoms with van der Waals surface area (Å²) < 4.78 is 5.43. The molecule has 20 heavy (non-hydrogen) atoms. The van der Waals surface area contributed by atoms with Crippen LogP contribution in [-0.2, 0) is 6.42 Å². The molecule has 4 nitrogen and oxygen atoms in total. The topological polar surface area (TPSA) is 51.2 Å². The number of nitrogens with zero attached hydrogens (tertiary/aromatic N) is 1. The third kappa shape index (κ3) is 2.34. The summed E-state index contributed by atoms with van der Waals surface area (Å²) in [5, 5.41) is 3.11. The van der Waals surface area contributed by atoms with E-state index in [1.54, 1.807) is 18.3 Å². The molecule has 102 valence electrons. The second kappa shape index (κ2) is 5.13. The third-order valence-corrected chi connectivity index (χ3v) is 3.59. The van der Waals surface area contributed by atoms with Crippen LogP contribution in [0.25, 0.3) is 0 Å². The number of benzene rings is 1. The Morgan fingerprint density at radius 2 is 2.25 bits per heavy atom. The Kier molecular flexibility index (Phi) is 3.32. The number of aryl methyl sites for hydroxylation is 1. The summed E-state index contributed by atoms with van der Waals surface area (Å²) >= 11 is 6.01. The second-order valence-corrected chi connectivity index (χ2v) is 5.03. The Hall–Kier alpha value is -2.07. The van der Waals surface area contributed by atoms with Crippen LogP contribution in [0.2, 0.25) is 5.15 Å². The highest BCUT2D eigenvalue weighted by Crippen LogP contribution is 2.27. The number of fused-ring (bicyclic) bond motifs is 1. The zero-order valence-electron chi connectivity index (χ0n) is 10.9. The monoisotopic (exact) mass is 288 g/mol. The van der Waals surface area contributed by atoms with Crippen molar-refractivity contribution in [2.24, 2.45) is 0 Å². The SMILES string of the molecule is Cc1ccnc(Cl)c1NC(=O)c1ccc2c(c1)CCO2.